The fourth-order valence-electron chi connectivity index (χ4n) is 6.48. The minimum atomic E-state index is -0.341. The van der Waals surface area contributed by atoms with E-state index in [0.717, 1.165) is 49.3 Å². The van der Waals surface area contributed by atoms with Crippen LogP contribution in [-0.2, 0) is 16.1 Å². The Kier molecular flexibility index (Phi) is 14.2. The van der Waals surface area contributed by atoms with Gasteiger partial charge in [-0.3, -0.25) is 0 Å². The second-order valence-corrected chi connectivity index (χ2v) is 16.1. The summed E-state index contributed by atoms with van der Waals surface area (Å²) in [6.07, 6.45) is 5.09. The molecule has 12 heteroatoms. The molecule has 62 heavy (non-hydrogen) atoms. The van der Waals surface area contributed by atoms with Gasteiger partial charge in [-0.2, -0.15) is 10.1 Å². The van der Waals surface area contributed by atoms with Gasteiger partial charge >= 0.3 is 0 Å². The molecule has 314 valence electrons. The fraction of sp³-hybridized carbons (Fsp3) is 0.180. The van der Waals surface area contributed by atoms with Crippen LogP contribution >= 0.6 is 22.7 Å². The number of anilines is 2. The van der Waals surface area contributed by atoms with Gasteiger partial charge < -0.3 is 23.7 Å². The summed E-state index contributed by atoms with van der Waals surface area (Å²) in [5, 5.41) is 8.18. The van der Waals surface area contributed by atoms with Gasteiger partial charge in [-0.05, 0) is 95.4 Å². The van der Waals surface area contributed by atoms with Crippen LogP contribution in [0, 0.1) is 5.82 Å². The highest BCUT2D eigenvalue weighted by atomic mass is 32.1. The van der Waals surface area contributed by atoms with E-state index in [-0.39, 0.29) is 12.6 Å². The average molecular weight is 865 g/mol. The van der Waals surface area contributed by atoms with Crippen molar-refractivity contribution in [1.29, 1.82) is 0 Å². The Morgan fingerprint density at radius 3 is 1.97 bits per heavy atom. The summed E-state index contributed by atoms with van der Waals surface area (Å²) in [4.78, 5) is 9.87. The molecule has 0 amide bonds. The van der Waals surface area contributed by atoms with E-state index in [4.69, 9.17) is 38.8 Å². The van der Waals surface area contributed by atoms with Gasteiger partial charge in [-0.25, -0.2) is 14.4 Å². The van der Waals surface area contributed by atoms with Crippen LogP contribution in [0.2, 0.25) is 0 Å². The maximum atomic E-state index is 16.0. The number of hydrogen-bond donors (Lipinski definition) is 0. The topological polar surface area (TPSA) is 87.5 Å². The molecular weight excluding hydrogens is 820 g/mol. The lowest BCUT2D eigenvalue weighted by Gasteiger charge is -2.15. The molecule has 9 nitrogen and oxygen atoms in total. The first-order valence-electron chi connectivity index (χ1n) is 20.4. The number of halogens is 1. The monoisotopic (exact) mass is 864 g/mol. The maximum Gasteiger partial charge on any atom is 0.214 e. The summed E-state index contributed by atoms with van der Waals surface area (Å²) in [6.45, 7) is 8.37. The van der Waals surface area contributed by atoms with Gasteiger partial charge in [0.25, 0.3) is 0 Å². The molecule has 0 aliphatic rings. The number of para-hydroxylation sites is 2. The quantitative estimate of drug-likeness (QED) is 0.0232. The van der Waals surface area contributed by atoms with Crippen molar-refractivity contribution in [2.24, 2.45) is 5.10 Å². The van der Waals surface area contributed by atoms with E-state index in [1.54, 1.807) is 29.4 Å². The van der Waals surface area contributed by atoms with E-state index in [1.165, 1.54) is 22.7 Å². The van der Waals surface area contributed by atoms with Gasteiger partial charge in [-0.1, -0.05) is 102 Å². The van der Waals surface area contributed by atoms with Crippen LogP contribution in [0.25, 0.3) is 42.7 Å². The molecule has 0 saturated heterocycles. The Morgan fingerprint density at radius 2 is 1.31 bits per heavy atom. The molecule has 0 bridgehead atoms. The number of thiazole rings is 2. The number of hydrazone groups is 1. The molecule has 2 heterocycles. The Bertz CT molecular complexity index is 2610. The minimum Gasteiger partial charge on any atom is -0.494 e. The van der Waals surface area contributed by atoms with Crippen molar-refractivity contribution >= 4 is 59.6 Å². The highest BCUT2D eigenvalue weighted by Gasteiger charge is 2.19. The van der Waals surface area contributed by atoms with E-state index in [9.17, 15) is 0 Å². The van der Waals surface area contributed by atoms with Crippen molar-refractivity contribution < 1.29 is 28.1 Å². The third-order valence-electron chi connectivity index (χ3n) is 9.61. The van der Waals surface area contributed by atoms with Gasteiger partial charge in [0.2, 0.25) is 10.3 Å². The first-order valence-corrected chi connectivity index (χ1v) is 22.0. The number of rotatable bonds is 21. The fourth-order valence-corrected chi connectivity index (χ4v) is 8.39. The van der Waals surface area contributed by atoms with Crippen molar-refractivity contribution in [3.05, 3.63) is 163 Å². The largest absolute Gasteiger partial charge is 0.494 e. The number of fused-ring (bicyclic) bond motifs is 2. The highest BCUT2D eigenvalue weighted by molar-refractivity contribution is 7.24. The molecule has 0 unspecified atom stereocenters. The summed E-state index contributed by atoms with van der Waals surface area (Å²) < 4.78 is 46.8. The van der Waals surface area contributed by atoms with E-state index in [0.29, 0.717) is 77.9 Å². The second-order valence-electron chi connectivity index (χ2n) is 14.1. The summed E-state index contributed by atoms with van der Waals surface area (Å²) in [5.74, 6) is 1.79. The number of nitrogens with zero attached hydrogens (tertiary/aromatic N) is 4. The molecule has 0 spiro atoms. The lowest BCUT2D eigenvalue weighted by atomic mass is 9.98. The van der Waals surface area contributed by atoms with Crippen molar-refractivity contribution in [1.82, 2.24) is 9.97 Å². The molecule has 6 aromatic carbocycles. The first-order chi connectivity index (χ1) is 30.5. The molecule has 0 N–H and O–H groups in total. The highest BCUT2D eigenvalue weighted by Crippen LogP contribution is 2.38. The van der Waals surface area contributed by atoms with Gasteiger partial charge in [0.1, 0.15) is 36.5 Å². The van der Waals surface area contributed by atoms with E-state index in [2.05, 4.69) is 13.5 Å². The van der Waals surface area contributed by atoms with Crippen LogP contribution < -0.4 is 19.2 Å². The third kappa shape index (κ3) is 10.7. The molecule has 0 saturated carbocycles. The van der Waals surface area contributed by atoms with Gasteiger partial charge in [0.15, 0.2) is 0 Å². The standard InChI is InChI=1S/C50H45FN4O5S2/c1-3-26-56-34-57-28-9-29-59-41-22-16-36(17-23-41)42-24-18-38(31-43(42)51)37-19-25-46(60-33-35-14-20-40(21-15-35)58-27-4-2)39(30-37)32-52-55(49-53-44-10-5-7-12-47(44)61-49)50-54-45-11-6-8-13-48(45)62-50/h3,5-8,10-25,30-32H,1,4,9,26-29,33-34H2,2H3/b52-32+. The molecular formula is C50H45FN4O5S2. The first kappa shape index (κ1) is 42.3. The molecule has 8 rings (SSSR count). The summed E-state index contributed by atoms with van der Waals surface area (Å²) in [7, 11) is 0. The predicted octanol–water partition coefficient (Wildman–Crippen LogP) is 12.9. The third-order valence-corrected chi connectivity index (χ3v) is 11.6. The van der Waals surface area contributed by atoms with Gasteiger partial charge in [0, 0.05) is 17.5 Å². The zero-order valence-corrected chi connectivity index (χ0v) is 35.9. The van der Waals surface area contributed by atoms with Crippen LogP contribution in [0.3, 0.4) is 0 Å². The molecule has 8 aromatic rings. The van der Waals surface area contributed by atoms with Crippen LogP contribution in [0.15, 0.2) is 151 Å². The van der Waals surface area contributed by atoms with Crippen molar-refractivity contribution in [2.45, 2.75) is 26.4 Å². The van der Waals surface area contributed by atoms with E-state index < -0.39 is 0 Å². The number of ether oxygens (including phenoxy) is 5. The van der Waals surface area contributed by atoms with Crippen LogP contribution in [0.5, 0.6) is 17.2 Å². The molecule has 0 fully saturated rings. The van der Waals surface area contributed by atoms with Crippen molar-refractivity contribution in [3.8, 4) is 39.5 Å². The maximum absolute atomic E-state index is 16.0. The molecule has 0 aliphatic heterocycles. The van der Waals surface area contributed by atoms with Crippen molar-refractivity contribution in [2.75, 3.05) is 38.2 Å². The lowest BCUT2D eigenvalue weighted by molar-refractivity contribution is -0.0463. The lowest BCUT2D eigenvalue weighted by Crippen LogP contribution is -2.09. The summed E-state index contributed by atoms with van der Waals surface area (Å²) in [5.41, 5.74) is 6.19. The predicted molar refractivity (Wildman–Crippen MR) is 250 cm³/mol. The van der Waals surface area contributed by atoms with Crippen LogP contribution in [0.4, 0.5) is 14.7 Å². The number of benzene rings is 6. The molecule has 0 atom stereocenters. The average Bonchev–Trinajstić information content (AvgIpc) is 3.94. The summed E-state index contributed by atoms with van der Waals surface area (Å²) in [6, 6.07) is 42.5. The van der Waals surface area contributed by atoms with Gasteiger partial charge in [0.05, 0.1) is 53.1 Å². The molecule has 0 radical (unpaired) electrons. The van der Waals surface area contributed by atoms with Crippen LogP contribution in [-0.4, -0.2) is 49.4 Å². The minimum absolute atomic E-state index is 0.224. The second kappa shape index (κ2) is 20.9. The smallest absolute Gasteiger partial charge is 0.214 e. The SMILES string of the molecule is C=CCOCOCCCOc1ccc(-c2ccc(-c3ccc(OCc4ccc(OCCC)cc4)c(/C=N/N(c4nc5ccccc5s4)c4nc5ccccc5s4)c3)cc2F)cc1. The zero-order valence-electron chi connectivity index (χ0n) is 34.2. The Labute approximate surface area is 368 Å². The van der Waals surface area contributed by atoms with Gasteiger partial charge in [-0.15, -0.1) is 6.58 Å². The zero-order chi connectivity index (χ0) is 42.5. The Morgan fingerprint density at radius 1 is 0.677 bits per heavy atom. The number of aromatic nitrogens is 2. The summed E-state index contributed by atoms with van der Waals surface area (Å²) >= 11 is 3.08. The Balaban J connectivity index is 1.05. The number of hydrogen-bond acceptors (Lipinski definition) is 11. The molecule has 2 aromatic heterocycles. The van der Waals surface area contributed by atoms with E-state index in [1.807, 2.05) is 121 Å². The van der Waals surface area contributed by atoms with Crippen LogP contribution in [0.1, 0.15) is 30.9 Å². The normalized spacial score (nSPS) is 11.4. The molecule has 0 aliphatic carbocycles. The Hall–Kier alpha value is -6.44. The van der Waals surface area contributed by atoms with Crippen molar-refractivity contribution in [3.63, 3.8) is 0 Å². The van der Waals surface area contributed by atoms with E-state index >= 15 is 4.39 Å².